The number of alkyl halides is 3. The van der Waals surface area contributed by atoms with Crippen LogP contribution in [0.3, 0.4) is 0 Å². The molecule has 0 radical (unpaired) electrons. The van der Waals surface area contributed by atoms with E-state index in [1.54, 1.807) is 36.4 Å². The maximum Gasteiger partial charge on any atom is 0.433 e. The summed E-state index contributed by atoms with van der Waals surface area (Å²) >= 11 is 11.7. The molecule has 0 fully saturated rings. The molecule has 166 valence electrons. The highest BCUT2D eigenvalue weighted by molar-refractivity contribution is 6.34. The van der Waals surface area contributed by atoms with Gasteiger partial charge >= 0.3 is 6.18 Å². The van der Waals surface area contributed by atoms with E-state index in [9.17, 15) is 22.4 Å². The molecule has 0 saturated carbocycles. The van der Waals surface area contributed by atoms with Gasteiger partial charge in [0.15, 0.2) is 16.6 Å². The van der Waals surface area contributed by atoms with Gasteiger partial charge in [-0.1, -0.05) is 65.7 Å². The fourth-order valence-electron chi connectivity index (χ4n) is 3.70. The number of H-pyrrole nitrogens is 1. The van der Waals surface area contributed by atoms with Crippen LogP contribution in [-0.4, -0.2) is 19.6 Å². The Balaban J connectivity index is 1.90. The summed E-state index contributed by atoms with van der Waals surface area (Å²) in [5.41, 5.74) is -2.64. The highest BCUT2D eigenvalue weighted by Gasteiger charge is 2.38. The maximum atomic E-state index is 14.0. The number of fused-ring (bicyclic) bond motifs is 2. The molecule has 0 atom stereocenters. The van der Waals surface area contributed by atoms with Gasteiger partial charge in [0.1, 0.15) is 10.8 Å². The van der Waals surface area contributed by atoms with Crippen LogP contribution in [0.5, 0.6) is 0 Å². The van der Waals surface area contributed by atoms with Crippen LogP contribution in [0.4, 0.5) is 17.6 Å². The summed E-state index contributed by atoms with van der Waals surface area (Å²) in [6.45, 7) is 0. The smallest absolute Gasteiger partial charge is 0.284 e. The van der Waals surface area contributed by atoms with E-state index in [1.807, 2.05) is 0 Å². The Bertz CT molecular complexity index is 1620. The molecule has 3 heterocycles. The lowest BCUT2D eigenvalue weighted by molar-refractivity contribution is -0.140. The third kappa shape index (κ3) is 3.53. The largest absolute Gasteiger partial charge is 0.433 e. The third-order valence-corrected chi connectivity index (χ3v) is 5.67. The van der Waals surface area contributed by atoms with Gasteiger partial charge in [-0.3, -0.25) is 9.89 Å². The zero-order valence-corrected chi connectivity index (χ0v) is 17.7. The van der Waals surface area contributed by atoms with Crippen molar-refractivity contribution in [2.75, 3.05) is 0 Å². The number of hydrogen-bond donors (Lipinski definition) is 1. The summed E-state index contributed by atoms with van der Waals surface area (Å²) in [4.78, 5) is 20.7. The number of halogens is 6. The summed E-state index contributed by atoms with van der Waals surface area (Å²) in [5.74, 6) is -0.919. The molecular weight excluding hydrogens is 483 g/mol. The first-order valence-electron chi connectivity index (χ1n) is 9.38. The lowest BCUT2D eigenvalue weighted by Crippen LogP contribution is -2.15. The summed E-state index contributed by atoms with van der Waals surface area (Å²) < 4.78 is 56.8. The number of nitrogens with one attached hydrogen (secondary N) is 1. The molecule has 5 aromatic rings. The van der Waals surface area contributed by atoms with Crippen LogP contribution in [0, 0.1) is 5.82 Å². The molecule has 33 heavy (non-hydrogen) atoms. The quantitative estimate of drug-likeness (QED) is 0.230. The van der Waals surface area contributed by atoms with Crippen molar-refractivity contribution < 1.29 is 17.6 Å². The van der Waals surface area contributed by atoms with E-state index in [4.69, 9.17) is 23.2 Å². The normalized spacial score (nSPS) is 12.1. The molecule has 0 spiro atoms. The van der Waals surface area contributed by atoms with Gasteiger partial charge in [-0.05, 0) is 22.4 Å². The molecule has 0 aliphatic rings. The van der Waals surface area contributed by atoms with Crippen molar-refractivity contribution in [2.45, 2.75) is 6.18 Å². The SMILES string of the molecule is O=c1cc(-c2cc(F)c(Cl)nc2Cl)nc2c(-c3cccc4ccccc34)c(C(F)(F)F)[nH]n12. The van der Waals surface area contributed by atoms with E-state index in [1.165, 1.54) is 6.07 Å². The van der Waals surface area contributed by atoms with Crippen molar-refractivity contribution in [3.8, 4) is 22.4 Å². The minimum absolute atomic E-state index is 0.0863. The van der Waals surface area contributed by atoms with Crippen LogP contribution in [0.1, 0.15) is 5.69 Å². The summed E-state index contributed by atoms with van der Waals surface area (Å²) in [6.07, 6.45) is -4.82. The van der Waals surface area contributed by atoms with E-state index in [0.29, 0.717) is 15.3 Å². The maximum absolute atomic E-state index is 14.0. The molecule has 0 unspecified atom stereocenters. The molecule has 0 bridgehead atoms. The minimum atomic E-state index is -4.82. The number of pyridine rings is 1. The molecule has 1 N–H and O–H groups in total. The van der Waals surface area contributed by atoms with Gasteiger partial charge < -0.3 is 0 Å². The zero-order chi connectivity index (χ0) is 23.5. The monoisotopic (exact) mass is 492 g/mol. The van der Waals surface area contributed by atoms with Crippen molar-refractivity contribution in [1.29, 1.82) is 0 Å². The third-order valence-electron chi connectivity index (χ3n) is 5.12. The van der Waals surface area contributed by atoms with Crippen LogP contribution in [0.25, 0.3) is 38.8 Å². The molecule has 2 aromatic carbocycles. The van der Waals surface area contributed by atoms with E-state index >= 15 is 0 Å². The second-order valence-corrected chi connectivity index (χ2v) is 7.84. The lowest BCUT2D eigenvalue weighted by atomic mass is 9.98. The Hall–Kier alpha value is -3.43. The molecule has 5 nitrogen and oxygen atoms in total. The van der Waals surface area contributed by atoms with Crippen LogP contribution >= 0.6 is 23.2 Å². The number of benzene rings is 2. The van der Waals surface area contributed by atoms with Crippen molar-refractivity contribution in [3.63, 3.8) is 0 Å². The zero-order valence-electron chi connectivity index (χ0n) is 16.2. The average molecular weight is 493 g/mol. The van der Waals surface area contributed by atoms with Gasteiger partial charge in [0, 0.05) is 11.6 Å². The van der Waals surface area contributed by atoms with Gasteiger partial charge in [0.2, 0.25) is 0 Å². The molecular formula is C22H10Cl2F4N4O. The molecule has 11 heteroatoms. The lowest BCUT2D eigenvalue weighted by Gasteiger charge is -2.10. The number of aromatic nitrogens is 4. The Morgan fingerprint density at radius 1 is 0.909 bits per heavy atom. The second-order valence-electron chi connectivity index (χ2n) is 7.12. The first-order chi connectivity index (χ1) is 15.6. The Morgan fingerprint density at radius 3 is 2.39 bits per heavy atom. The van der Waals surface area contributed by atoms with Crippen molar-refractivity contribution >= 4 is 39.6 Å². The molecule has 0 aliphatic carbocycles. The van der Waals surface area contributed by atoms with Crippen LogP contribution in [-0.2, 0) is 6.18 Å². The molecule has 0 saturated heterocycles. The first kappa shape index (κ1) is 21.4. The number of hydrogen-bond acceptors (Lipinski definition) is 3. The summed E-state index contributed by atoms with van der Waals surface area (Å²) in [6, 6.07) is 13.6. The summed E-state index contributed by atoms with van der Waals surface area (Å²) in [7, 11) is 0. The Morgan fingerprint density at radius 2 is 1.64 bits per heavy atom. The molecule has 3 aromatic heterocycles. The number of aromatic amines is 1. The van der Waals surface area contributed by atoms with Gasteiger partial charge in [-0.15, -0.1) is 0 Å². The predicted octanol–water partition coefficient (Wildman–Crippen LogP) is 6.37. The minimum Gasteiger partial charge on any atom is -0.284 e. The standard InChI is InChI=1S/C22H10Cl2F4N4O/c23-19-13(8-14(25)20(24)30-19)15-9-16(33)32-21(29-15)17(18(31-32)22(26,27)28)12-7-3-5-10-4-1-2-6-11(10)12/h1-9,31H. The average Bonchev–Trinajstić information content (AvgIpc) is 3.16. The highest BCUT2D eigenvalue weighted by Crippen LogP contribution is 2.41. The highest BCUT2D eigenvalue weighted by atomic mass is 35.5. The fourth-order valence-corrected chi connectivity index (χ4v) is 4.12. The van der Waals surface area contributed by atoms with Crippen molar-refractivity contribution in [2.24, 2.45) is 0 Å². The van der Waals surface area contributed by atoms with Gasteiger partial charge in [0.25, 0.3) is 5.56 Å². The van der Waals surface area contributed by atoms with E-state index < -0.39 is 28.4 Å². The fraction of sp³-hybridized carbons (Fsp3) is 0.0455. The van der Waals surface area contributed by atoms with E-state index in [-0.39, 0.29) is 33.2 Å². The topological polar surface area (TPSA) is 63.0 Å². The molecule has 5 rings (SSSR count). The van der Waals surface area contributed by atoms with Crippen molar-refractivity contribution in [3.05, 3.63) is 86.8 Å². The van der Waals surface area contributed by atoms with Gasteiger partial charge in [-0.2, -0.15) is 13.2 Å². The van der Waals surface area contributed by atoms with Crippen LogP contribution in [0.15, 0.2) is 59.4 Å². The Labute approximate surface area is 192 Å². The molecule has 0 aliphatic heterocycles. The van der Waals surface area contributed by atoms with Crippen LogP contribution < -0.4 is 5.56 Å². The van der Waals surface area contributed by atoms with Crippen LogP contribution in [0.2, 0.25) is 10.3 Å². The molecule has 0 amide bonds. The Kier molecular flexibility index (Phi) is 4.91. The predicted molar refractivity (Wildman–Crippen MR) is 117 cm³/mol. The number of rotatable bonds is 2. The van der Waals surface area contributed by atoms with E-state index in [2.05, 4.69) is 15.1 Å². The van der Waals surface area contributed by atoms with E-state index in [0.717, 1.165) is 12.1 Å². The van der Waals surface area contributed by atoms with Gasteiger partial charge in [-0.25, -0.2) is 18.9 Å². The van der Waals surface area contributed by atoms with Crippen molar-refractivity contribution in [1.82, 2.24) is 19.6 Å². The number of nitrogens with zero attached hydrogens (tertiary/aromatic N) is 3. The first-order valence-corrected chi connectivity index (χ1v) is 10.1. The van der Waals surface area contributed by atoms with Gasteiger partial charge in [0.05, 0.1) is 11.3 Å². The second kappa shape index (κ2) is 7.57. The summed E-state index contributed by atoms with van der Waals surface area (Å²) in [5, 5.41) is 2.61.